The third-order valence-corrected chi connectivity index (χ3v) is 5.55. The molecule has 0 saturated carbocycles. The van der Waals surface area contributed by atoms with Crippen molar-refractivity contribution in [2.24, 2.45) is 16.0 Å². The Morgan fingerprint density at radius 2 is 1.90 bits per heavy atom. The van der Waals surface area contributed by atoms with E-state index in [1.165, 1.54) is 0 Å². The van der Waals surface area contributed by atoms with E-state index in [0.717, 1.165) is 43.0 Å². The van der Waals surface area contributed by atoms with E-state index in [1.807, 2.05) is 18.2 Å². The van der Waals surface area contributed by atoms with E-state index < -0.39 is 12.1 Å². The summed E-state index contributed by atoms with van der Waals surface area (Å²) in [7, 11) is 0. The molecular formula is C21H20N6O2. The fourth-order valence-corrected chi connectivity index (χ4v) is 4.20. The number of ketones is 1. The molecule has 4 N–H and O–H groups in total. The first-order chi connectivity index (χ1) is 14.1. The van der Waals surface area contributed by atoms with E-state index in [1.54, 1.807) is 12.1 Å². The van der Waals surface area contributed by atoms with Crippen LogP contribution in [-0.4, -0.2) is 38.0 Å². The fraction of sp³-hybridized carbons (Fsp3) is 0.238. The molecule has 1 unspecified atom stereocenters. The maximum absolute atomic E-state index is 13.2. The number of Topliss-reactive ketones (excluding diaryl/α,β-unsaturated/α-hetero) is 1. The van der Waals surface area contributed by atoms with Gasteiger partial charge in [-0.25, -0.2) is 4.79 Å². The Kier molecular flexibility index (Phi) is 4.13. The Bertz CT molecular complexity index is 1070. The van der Waals surface area contributed by atoms with Crippen molar-refractivity contribution in [3.63, 3.8) is 0 Å². The number of fused-ring (bicyclic) bond motifs is 3. The number of hydrogen-bond donors (Lipinski definition) is 3. The molecule has 2 aliphatic heterocycles. The summed E-state index contributed by atoms with van der Waals surface area (Å²) in [5.41, 5.74) is 10.00. The molecule has 0 spiro atoms. The van der Waals surface area contributed by atoms with Gasteiger partial charge in [-0.1, -0.05) is 24.3 Å². The third kappa shape index (κ3) is 2.89. The number of urea groups is 1. The number of amides is 2. The van der Waals surface area contributed by atoms with Crippen LogP contribution < -0.4 is 21.3 Å². The van der Waals surface area contributed by atoms with E-state index in [-0.39, 0.29) is 5.78 Å². The molecule has 1 atom stereocenters. The molecule has 1 fully saturated rings. The molecule has 8 heteroatoms. The highest BCUT2D eigenvalue weighted by atomic mass is 16.2. The molecule has 0 bridgehead atoms. The fourth-order valence-electron chi connectivity index (χ4n) is 4.20. The number of azo groups is 1. The number of primary amides is 1. The van der Waals surface area contributed by atoms with Gasteiger partial charge in [0.15, 0.2) is 5.78 Å². The number of carbonyl (C=O) groups is 2. The average Bonchev–Trinajstić information content (AvgIpc) is 3.29. The number of nitrogens with one attached hydrogen (secondary N) is 2. The van der Waals surface area contributed by atoms with Crippen LogP contribution in [0.3, 0.4) is 0 Å². The van der Waals surface area contributed by atoms with Gasteiger partial charge < -0.3 is 21.3 Å². The predicted molar refractivity (Wildman–Crippen MR) is 110 cm³/mol. The molecule has 146 valence electrons. The molecule has 3 aliphatic rings. The second-order valence-corrected chi connectivity index (χ2v) is 7.25. The Labute approximate surface area is 167 Å². The van der Waals surface area contributed by atoms with Gasteiger partial charge in [0.2, 0.25) is 0 Å². The molecule has 5 rings (SSSR count). The number of anilines is 2. The number of piperazine rings is 1. The second-order valence-electron chi connectivity index (χ2n) is 7.25. The highest BCUT2D eigenvalue weighted by Gasteiger charge is 2.42. The van der Waals surface area contributed by atoms with Crippen LogP contribution in [0.5, 0.6) is 0 Å². The minimum Gasteiger partial charge on any atom is -0.369 e. The van der Waals surface area contributed by atoms with Gasteiger partial charge in [-0.3, -0.25) is 4.79 Å². The Hall–Kier alpha value is -3.52. The molecule has 8 nitrogen and oxygen atoms in total. The lowest BCUT2D eigenvalue weighted by Crippen LogP contribution is -2.43. The van der Waals surface area contributed by atoms with Crippen LogP contribution in [0.4, 0.5) is 16.2 Å². The van der Waals surface area contributed by atoms with Crippen molar-refractivity contribution in [3.8, 4) is 0 Å². The van der Waals surface area contributed by atoms with Crippen LogP contribution in [0.25, 0.3) is 5.70 Å². The first-order valence-electron chi connectivity index (χ1n) is 9.58. The zero-order valence-corrected chi connectivity index (χ0v) is 15.7. The molecule has 0 radical (unpaired) electrons. The summed E-state index contributed by atoms with van der Waals surface area (Å²) >= 11 is 0. The van der Waals surface area contributed by atoms with E-state index in [2.05, 4.69) is 37.9 Å². The number of hydrogen-bond acceptors (Lipinski definition) is 6. The van der Waals surface area contributed by atoms with Crippen LogP contribution >= 0.6 is 0 Å². The van der Waals surface area contributed by atoms with Gasteiger partial charge in [-0.15, -0.1) is 0 Å². The zero-order chi connectivity index (χ0) is 20.0. The number of nitrogens with zero attached hydrogens (tertiary/aromatic N) is 3. The van der Waals surface area contributed by atoms with Crippen LogP contribution in [-0.2, 0) is 0 Å². The number of rotatable bonds is 3. The summed E-state index contributed by atoms with van der Waals surface area (Å²) in [4.78, 5) is 26.8. The maximum atomic E-state index is 13.2. The van der Waals surface area contributed by atoms with Gasteiger partial charge in [0.1, 0.15) is 11.7 Å². The summed E-state index contributed by atoms with van der Waals surface area (Å²) in [5.74, 6) is -0.166. The van der Waals surface area contributed by atoms with E-state index in [0.29, 0.717) is 22.5 Å². The van der Waals surface area contributed by atoms with E-state index >= 15 is 0 Å². The lowest BCUT2D eigenvalue weighted by molar-refractivity contribution is 0.103. The van der Waals surface area contributed by atoms with Crippen molar-refractivity contribution >= 4 is 28.9 Å². The first kappa shape index (κ1) is 17.6. The molecule has 2 amide bonds. The Morgan fingerprint density at radius 3 is 2.62 bits per heavy atom. The number of nitrogens with two attached hydrogens (primary N) is 1. The molecule has 29 heavy (non-hydrogen) atoms. The molecule has 1 saturated heterocycles. The minimum absolute atomic E-state index is 0.166. The lowest BCUT2D eigenvalue weighted by Gasteiger charge is -2.29. The predicted octanol–water partition coefficient (Wildman–Crippen LogP) is 2.70. The SMILES string of the molecule is NC(=O)Nc1cccc2c1C(=O)C1=C(c3ccc(N4CCNCC4)cc3)N=NC12. The largest absolute Gasteiger partial charge is 0.369 e. The molecule has 0 aromatic heterocycles. The van der Waals surface area contributed by atoms with Crippen molar-refractivity contribution in [1.82, 2.24) is 5.32 Å². The summed E-state index contributed by atoms with van der Waals surface area (Å²) in [6.45, 7) is 3.89. The third-order valence-electron chi connectivity index (χ3n) is 5.55. The highest BCUT2D eigenvalue weighted by molar-refractivity contribution is 6.22. The van der Waals surface area contributed by atoms with Crippen molar-refractivity contribution in [3.05, 3.63) is 64.7 Å². The Balaban J connectivity index is 1.50. The average molecular weight is 388 g/mol. The van der Waals surface area contributed by atoms with Crippen molar-refractivity contribution in [1.29, 1.82) is 0 Å². The molecule has 2 aromatic carbocycles. The van der Waals surface area contributed by atoms with Crippen LogP contribution in [0.1, 0.15) is 27.5 Å². The van der Waals surface area contributed by atoms with Crippen LogP contribution in [0.2, 0.25) is 0 Å². The van der Waals surface area contributed by atoms with E-state index in [4.69, 9.17) is 5.73 Å². The second kappa shape index (κ2) is 6.82. The van der Waals surface area contributed by atoms with Crippen LogP contribution in [0, 0.1) is 0 Å². The molecule has 2 aromatic rings. The number of carbonyl (C=O) groups excluding carboxylic acids is 2. The normalized spacial score (nSPS) is 20.1. The van der Waals surface area contributed by atoms with Gasteiger partial charge in [0.05, 0.1) is 16.8 Å². The topological polar surface area (TPSA) is 112 Å². The number of benzene rings is 2. The minimum atomic E-state index is -0.706. The zero-order valence-electron chi connectivity index (χ0n) is 15.7. The summed E-state index contributed by atoms with van der Waals surface area (Å²) in [6, 6.07) is 12.2. The van der Waals surface area contributed by atoms with E-state index in [9.17, 15) is 9.59 Å². The van der Waals surface area contributed by atoms with Gasteiger partial charge in [-0.2, -0.15) is 10.2 Å². The molecular weight excluding hydrogens is 368 g/mol. The van der Waals surface area contributed by atoms with Gasteiger partial charge in [0, 0.05) is 37.4 Å². The first-order valence-corrected chi connectivity index (χ1v) is 9.58. The monoisotopic (exact) mass is 388 g/mol. The van der Waals surface area contributed by atoms with Crippen LogP contribution in [0.15, 0.2) is 58.3 Å². The van der Waals surface area contributed by atoms with Crippen molar-refractivity contribution in [2.75, 3.05) is 36.4 Å². The highest BCUT2D eigenvalue weighted by Crippen LogP contribution is 2.48. The summed E-state index contributed by atoms with van der Waals surface area (Å²) in [5, 5.41) is 14.6. The standard InChI is InChI=1S/C21H20N6O2/c22-21(29)24-15-3-1-2-14-16(15)20(28)17-18(25-26-19(14)17)12-4-6-13(7-5-12)27-10-8-23-9-11-27/h1-7,19,23H,8-11H2,(H3,22,24,29). The van der Waals surface area contributed by atoms with Crippen molar-refractivity contribution < 1.29 is 9.59 Å². The Morgan fingerprint density at radius 1 is 1.14 bits per heavy atom. The maximum Gasteiger partial charge on any atom is 0.316 e. The summed E-state index contributed by atoms with van der Waals surface area (Å²) < 4.78 is 0. The summed E-state index contributed by atoms with van der Waals surface area (Å²) in [6.07, 6.45) is 0. The smallest absolute Gasteiger partial charge is 0.316 e. The van der Waals surface area contributed by atoms with Gasteiger partial charge >= 0.3 is 6.03 Å². The lowest BCUT2D eigenvalue weighted by atomic mass is 10.0. The molecule has 1 aliphatic carbocycles. The quantitative estimate of drug-likeness (QED) is 0.750. The van der Waals surface area contributed by atoms with Gasteiger partial charge in [-0.05, 0) is 23.8 Å². The van der Waals surface area contributed by atoms with Crippen molar-refractivity contribution in [2.45, 2.75) is 6.04 Å². The molecule has 2 heterocycles. The van der Waals surface area contributed by atoms with Gasteiger partial charge in [0.25, 0.3) is 0 Å².